The van der Waals surface area contributed by atoms with Crippen LogP contribution in [0.1, 0.15) is 58.7 Å². The Balaban J connectivity index is 0.921. The SMILES string of the molecule is CCCCc1ccc(N(c2ccc(/C=C/c3ccc(N(c4ccc(C)cc4)c4ccc(OC)cc4)cc3)cc2)c2ccc(/C=C/c3ccc(N(c4ccc(C)cc4)c4ccc(OC)cc4)cc3)cc2)cc1. The monoisotopic (exact) mass is 927 g/mol. The molecular formula is C66H61N3O2. The van der Waals surface area contributed by atoms with Crippen LogP contribution in [-0.4, -0.2) is 14.2 Å². The lowest BCUT2D eigenvalue weighted by molar-refractivity contribution is 0.414. The molecule has 0 unspecified atom stereocenters. The van der Waals surface area contributed by atoms with Crippen LogP contribution in [0.3, 0.4) is 0 Å². The van der Waals surface area contributed by atoms with Gasteiger partial charge in [-0.15, -0.1) is 0 Å². The molecule has 352 valence electrons. The highest BCUT2D eigenvalue weighted by Crippen LogP contribution is 2.39. The summed E-state index contributed by atoms with van der Waals surface area (Å²) in [6.45, 7) is 6.48. The zero-order valence-corrected chi connectivity index (χ0v) is 41.4. The van der Waals surface area contributed by atoms with Crippen molar-refractivity contribution in [2.75, 3.05) is 28.9 Å². The predicted molar refractivity (Wildman–Crippen MR) is 302 cm³/mol. The Morgan fingerprint density at radius 2 is 0.535 bits per heavy atom. The molecule has 0 aromatic heterocycles. The largest absolute Gasteiger partial charge is 0.497 e. The van der Waals surface area contributed by atoms with Crippen LogP contribution >= 0.6 is 0 Å². The molecule has 9 rings (SSSR count). The third-order valence-corrected chi connectivity index (χ3v) is 12.8. The number of benzene rings is 9. The van der Waals surface area contributed by atoms with E-state index in [0.29, 0.717) is 0 Å². The Morgan fingerprint density at radius 3 is 0.775 bits per heavy atom. The maximum atomic E-state index is 5.45. The van der Waals surface area contributed by atoms with Gasteiger partial charge in [-0.05, 0) is 188 Å². The molecule has 0 spiro atoms. The van der Waals surface area contributed by atoms with E-state index >= 15 is 0 Å². The molecule has 0 radical (unpaired) electrons. The van der Waals surface area contributed by atoms with Crippen LogP contribution in [0.2, 0.25) is 0 Å². The number of rotatable bonds is 18. The third kappa shape index (κ3) is 11.8. The lowest BCUT2D eigenvalue weighted by Crippen LogP contribution is -2.10. The Morgan fingerprint density at radius 1 is 0.310 bits per heavy atom. The zero-order valence-electron chi connectivity index (χ0n) is 41.4. The number of aryl methyl sites for hydroxylation is 3. The minimum absolute atomic E-state index is 0.834. The maximum absolute atomic E-state index is 5.45. The van der Waals surface area contributed by atoms with Crippen molar-refractivity contribution in [2.24, 2.45) is 0 Å². The second-order valence-corrected chi connectivity index (χ2v) is 17.9. The number of methoxy groups -OCH3 is 2. The molecule has 5 nitrogen and oxygen atoms in total. The molecule has 71 heavy (non-hydrogen) atoms. The van der Waals surface area contributed by atoms with Crippen molar-refractivity contribution in [3.63, 3.8) is 0 Å². The van der Waals surface area contributed by atoms with Gasteiger partial charge in [0.2, 0.25) is 0 Å². The topological polar surface area (TPSA) is 28.2 Å². The normalized spacial score (nSPS) is 11.2. The standard InChI is InChI=1S/C66H61N3O2/c1-6-7-8-51-17-31-58(32-18-51)69(61-37-23-54(24-38-61)15-13-52-19-33-59(34-20-52)67(56-27-9-49(2)10-28-56)63-41-45-65(70-4)46-42-63)62-39-25-55(26-40-62)16-14-53-21-35-60(36-22-53)68(57-29-11-50(3)12-30-57)64-43-47-66(71-5)48-44-64/h9-48H,6-8H2,1-5H3/b15-13+,16-14+. The van der Waals surface area contributed by atoms with Gasteiger partial charge in [0.1, 0.15) is 11.5 Å². The van der Waals surface area contributed by atoms with Gasteiger partial charge in [0.15, 0.2) is 0 Å². The van der Waals surface area contributed by atoms with Crippen LogP contribution < -0.4 is 24.2 Å². The van der Waals surface area contributed by atoms with Gasteiger partial charge in [0.25, 0.3) is 0 Å². The van der Waals surface area contributed by atoms with Crippen molar-refractivity contribution >= 4 is 75.5 Å². The maximum Gasteiger partial charge on any atom is 0.119 e. The molecule has 0 bridgehead atoms. The second-order valence-electron chi connectivity index (χ2n) is 17.9. The lowest BCUT2D eigenvalue weighted by Gasteiger charge is -2.26. The first-order valence-corrected chi connectivity index (χ1v) is 24.5. The molecule has 9 aromatic rings. The molecule has 0 fully saturated rings. The molecular weight excluding hydrogens is 867 g/mol. The second kappa shape index (κ2) is 22.7. The van der Waals surface area contributed by atoms with Crippen LogP contribution in [0.4, 0.5) is 51.2 Å². The molecule has 0 aliphatic rings. The van der Waals surface area contributed by atoms with Gasteiger partial charge in [0, 0.05) is 51.2 Å². The summed E-state index contributed by atoms with van der Waals surface area (Å²) in [6.07, 6.45) is 12.2. The van der Waals surface area contributed by atoms with Gasteiger partial charge in [-0.25, -0.2) is 0 Å². The summed E-state index contributed by atoms with van der Waals surface area (Å²) in [4.78, 5) is 6.88. The lowest BCUT2D eigenvalue weighted by atomic mass is 10.1. The number of unbranched alkanes of at least 4 members (excludes halogenated alkanes) is 1. The van der Waals surface area contributed by atoms with Gasteiger partial charge in [-0.1, -0.05) is 134 Å². The molecule has 0 heterocycles. The van der Waals surface area contributed by atoms with Crippen LogP contribution in [0.15, 0.2) is 218 Å². The third-order valence-electron chi connectivity index (χ3n) is 12.8. The Labute approximate surface area is 420 Å². The number of anilines is 9. The van der Waals surface area contributed by atoms with Crippen molar-refractivity contribution in [3.8, 4) is 11.5 Å². The quantitative estimate of drug-likeness (QED) is 0.0800. The van der Waals surface area contributed by atoms with E-state index in [4.69, 9.17) is 9.47 Å². The van der Waals surface area contributed by atoms with Crippen LogP contribution in [0.25, 0.3) is 24.3 Å². The molecule has 0 aliphatic carbocycles. The van der Waals surface area contributed by atoms with Crippen LogP contribution in [0.5, 0.6) is 11.5 Å². The molecule has 5 heteroatoms. The van der Waals surface area contributed by atoms with E-state index in [-0.39, 0.29) is 0 Å². The summed E-state index contributed by atoms with van der Waals surface area (Å²) >= 11 is 0. The van der Waals surface area contributed by atoms with Gasteiger partial charge >= 0.3 is 0 Å². The summed E-state index contributed by atoms with van der Waals surface area (Å²) in [5, 5.41) is 0. The van der Waals surface area contributed by atoms with Crippen molar-refractivity contribution in [1.82, 2.24) is 0 Å². The van der Waals surface area contributed by atoms with Crippen LogP contribution in [0, 0.1) is 13.8 Å². The number of hydrogen-bond donors (Lipinski definition) is 0. The van der Waals surface area contributed by atoms with Crippen molar-refractivity contribution in [2.45, 2.75) is 40.0 Å². The fourth-order valence-electron chi connectivity index (χ4n) is 8.71. The summed E-state index contributed by atoms with van der Waals surface area (Å²) in [5.41, 5.74) is 18.2. The first-order chi connectivity index (χ1) is 34.8. The van der Waals surface area contributed by atoms with Gasteiger partial charge in [-0.2, -0.15) is 0 Å². The van der Waals surface area contributed by atoms with E-state index in [1.807, 2.05) is 24.3 Å². The average Bonchev–Trinajstić information content (AvgIpc) is 3.42. The summed E-state index contributed by atoms with van der Waals surface area (Å²) in [5.74, 6) is 1.67. The van der Waals surface area contributed by atoms with Crippen molar-refractivity contribution in [3.05, 3.63) is 257 Å². The average molecular weight is 928 g/mol. The number of nitrogens with zero attached hydrogens (tertiary/aromatic N) is 3. The highest BCUT2D eigenvalue weighted by molar-refractivity contribution is 5.82. The zero-order chi connectivity index (χ0) is 48.9. The predicted octanol–water partition coefficient (Wildman–Crippen LogP) is 18.4. The smallest absolute Gasteiger partial charge is 0.119 e. The number of hydrogen-bond acceptors (Lipinski definition) is 5. The minimum Gasteiger partial charge on any atom is -0.497 e. The summed E-state index contributed by atoms with van der Waals surface area (Å²) in [6, 6.07) is 77.8. The Bertz CT molecular complexity index is 2950. The van der Waals surface area contributed by atoms with E-state index in [9.17, 15) is 0 Å². The van der Waals surface area contributed by atoms with E-state index in [2.05, 4.69) is 254 Å². The Hall–Kier alpha value is -8.54. The van der Waals surface area contributed by atoms with Crippen molar-refractivity contribution < 1.29 is 9.47 Å². The minimum atomic E-state index is 0.834. The summed E-state index contributed by atoms with van der Waals surface area (Å²) in [7, 11) is 3.39. The molecule has 0 aliphatic heterocycles. The van der Waals surface area contributed by atoms with E-state index in [1.165, 1.54) is 29.5 Å². The van der Waals surface area contributed by atoms with Crippen LogP contribution in [-0.2, 0) is 6.42 Å². The molecule has 0 N–H and O–H groups in total. The molecule has 0 saturated carbocycles. The highest BCUT2D eigenvalue weighted by atomic mass is 16.5. The Kier molecular flexibility index (Phi) is 15.2. The molecule has 0 saturated heterocycles. The van der Waals surface area contributed by atoms with Gasteiger partial charge in [-0.3, -0.25) is 0 Å². The first kappa shape index (κ1) is 47.5. The number of ether oxygens (including phenoxy) is 2. The van der Waals surface area contributed by atoms with Gasteiger partial charge < -0.3 is 24.2 Å². The first-order valence-electron chi connectivity index (χ1n) is 24.5. The fourth-order valence-corrected chi connectivity index (χ4v) is 8.71. The van der Waals surface area contributed by atoms with E-state index < -0.39 is 0 Å². The molecule has 0 atom stereocenters. The highest BCUT2D eigenvalue weighted by Gasteiger charge is 2.16. The molecule has 9 aromatic carbocycles. The van der Waals surface area contributed by atoms with E-state index in [0.717, 1.165) is 91.4 Å². The summed E-state index contributed by atoms with van der Waals surface area (Å²) < 4.78 is 10.9. The van der Waals surface area contributed by atoms with E-state index in [1.54, 1.807) is 14.2 Å². The van der Waals surface area contributed by atoms with Gasteiger partial charge in [0.05, 0.1) is 14.2 Å². The molecule has 0 amide bonds. The fraction of sp³-hybridized carbons (Fsp3) is 0.121. The van der Waals surface area contributed by atoms with Crippen molar-refractivity contribution in [1.29, 1.82) is 0 Å².